The highest BCUT2D eigenvalue weighted by atomic mass is 16.5. The summed E-state index contributed by atoms with van der Waals surface area (Å²) in [6.07, 6.45) is 0. The Hall–Kier alpha value is -3.68. The minimum absolute atomic E-state index is 0.190. The van der Waals surface area contributed by atoms with Gasteiger partial charge in [-0.3, -0.25) is 0 Å². The van der Waals surface area contributed by atoms with Gasteiger partial charge in [0.15, 0.2) is 0 Å². The number of carboxylic acid groups (broad SMARTS) is 2. The van der Waals surface area contributed by atoms with Crippen LogP contribution >= 0.6 is 0 Å². The van der Waals surface area contributed by atoms with Crippen LogP contribution in [0.5, 0.6) is 0 Å². The van der Waals surface area contributed by atoms with Gasteiger partial charge in [0.25, 0.3) is 0 Å². The number of methoxy groups -OCH3 is 2. The minimum Gasteiger partial charge on any atom is -0.478 e. The highest BCUT2D eigenvalue weighted by Crippen LogP contribution is 2.08. The van der Waals surface area contributed by atoms with Gasteiger partial charge in [0.05, 0.1) is 36.5 Å². The number of hydrogen-bond donors (Lipinski definition) is 2. The molecular formula is C18H16O8. The van der Waals surface area contributed by atoms with E-state index in [1.807, 2.05) is 0 Å². The number of rotatable bonds is 4. The molecule has 8 nitrogen and oxygen atoms in total. The summed E-state index contributed by atoms with van der Waals surface area (Å²) in [6.45, 7) is 0. The van der Waals surface area contributed by atoms with Crippen LogP contribution in [0.1, 0.15) is 41.4 Å². The van der Waals surface area contributed by atoms with E-state index in [-0.39, 0.29) is 11.1 Å². The van der Waals surface area contributed by atoms with Crippen LogP contribution in [0, 0.1) is 0 Å². The van der Waals surface area contributed by atoms with Crippen LogP contribution in [0.4, 0.5) is 0 Å². The Balaban J connectivity index is 0.000000263. The monoisotopic (exact) mass is 360 g/mol. The van der Waals surface area contributed by atoms with Gasteiger partial charge in [0.2, 0.25) is 0 Å². The quantitative estimate of drug-likeness (QED) is 0.795. The molecule has 0 spiro atoms. The Labute approximate surface area is 148 Å². The molecule has 0 aliphatic rings. The fourth-order valence-corrected chi connectivity index (χ4v) is 1.83. The van der Waals surface area contributed by atoms with E-state index in [1.165, 1.54) is 62.8 Å². The third-order valence-corrected chi connectivity index (χ3v) is 3.11. The van der Waals surface area contributed by atoms with Crippen molar-refractivity contribution in [2.24, 2.45) is 0 Å². The first kappa shape index (κ1) is 20.4. The predicted molar refractivity (Wildman–Crippen MR) is 89.5 cm³/mol. The molecule has 0 radical (unpaired) electrons. The molecular weight excluding hydrogens is 344 g/mol. The second-order valence-corrected chi connectivity index (χ2v) is 4.72. The molecule has 0 bridgehead atoms. The molecule has 0 aliphatic heterocycles. The Kier molecular flexibility index (Phi) is 7.50. The number of hydrogen-bond acceptors (Lipinski definition) is 6. The lowest BCUT2D eigenvalue weighted by molar-refractivity contribution is 0.0586. The van der Waals surface area contributed by atoms with Crippen LogP contribution in [0.3, 0.4) is 0 Å². The maximum Gasteiger partial charge on any atom is 0.337 e. The van der Waals surface area contributed by atoms with E-state index in [4.69, 9.17) is 10.2 Å². The summed E-state index contributed by atoms with van der Waals surface area (Å²) >= 11 is 0. The van der Waals surface area contributed by atoms with Gasteiger partial charge in [-0.1, -0.05) is 12.1 Å². The first-order valence-electron chi connectivity index (χ1n) is 7.14. The van der Waals surface area contributed by atoms with Gasteiger partial charge in [0, 0.05) is 0 Å². The molecule has 0 heterocycles. The Morgan fingerprint density at radius 1 is 0.654 bits per heavy atom. The Morgan fingerprint density at radius 2 is 0.962 bits per heavy atom. The first-order chi connectivity index (χ1) is 12.3. The largest absolute Gasteiger partial charge is 0.478 e. The van der Waals surface area contributed by atoms with Crippen LogP contribution in [0.25, 0.3) is 0 Å². The molecule has 0 atom stereocenters. The molecule has 8 heteroatoms. The van der Waals surface area contributed by atoms with Crippen molar-refractivity contribution in [3.63, 3.8) is 0 Å². The molecule has 0 saturated heterocycles. The molecule has 0 aliphatic carbocycles. The van der Waals surface area contributed by atoms with Gasteiger partial charge < -0.3 is 19.7 Å². The summed E-state index contributed by atoms with van der Waals surface area (Å²) in [5.41, 5.74) is 0.426. The van der Waals surface area contributed by atoms with E-state index in [2.05, 4.69) is 9.47 Å². The van der Waals surface area contributed by atoms with E-state index in [1.54, 1.807) is 0 Å². The summed E-state index contributed by atoms with van der Waals surface area (Å²) in [7, 11) is 2.60. The van der Waals surface area contributed by atoms with E-state index >= 15 is 0 Å². The Bertz CT molecular complexity index is 740. The number of esters is 2. The van der Waals surface area contributed by atoms with Gasteiger partial charge in [-0.25, -0.2) is 19.2 Å². The summed E-state index contributed by atoms with van der Waals surface area (Å²) in [4.78, 5) is 43.0. The van der Waals surface area contributed by atoms with Crippen LogP contribution in [0.2, 0.25) is 0 Å². The third-order valence-electron chi connectivity index (χ3n) is 3.11. The molecule has 0 aromatic heterocycles. The second-order valence-electron chi connectivity index (χ2n) is 4.72. The van der Waals surface area contributed by atoms with E-state index in [0.717, 1.165) is 0 Å². The lowest BCUT2D eigenvalue weighted by Crippen LogP contribution is -2.06. The van der Waals surface area contributed by atoms with E-state index in [9.17, 15) is 19.2 Å². The van der Waals surface area contributed by atoms with Crippen molar-refractivity contribution >= 4 is 23.9 Å². The molecule has 2 aromatic carbocycles. The summed E-state index contributed by atoms with van der Waals surface area (Å²) in [5.74, 6) is -3.32. The highest BCUT2D eigenvalue weighted by molar-refractivity contribution is 6.01. The van der Waals surface area contributed by atoms with Crippen LogP contribution in [0.15, 0.2) is 48.5 Å². The van der Waals surface area contributed by atoms with E-state index in [0.29, 0.717) is 11.1 Å². The molecule has 0 unspecified atom stereocenters. The van der Waals surface area contributed by atoms with Crippen molar-refractivity contribution < 1.29 is 38.9 Å². The number of ether oxygens (including phenoxy) is 2. The van der Waals surface area contributed by atoms with Gasteiger partial charge in [-0.2, -0.15) is 0 Å². The smallest absolute Gasteiger partial charge is 0.337 e. The molecule has 2 aromatic rings. The maximum absolute atomic E-state index is 11.0. The normalized spacial score (nSPS) is 9.31. The zero-order valence-corrected chi connectivity index (χ0v) is 14.0. The average Bonchev–Trinajstić information content (AvgIpc) is 2.67. The highest BCUT2D eigenvalue weighted by Gasteiger charge is 2.13. The Morgan fingerprint density at radius 3 is 1.19 bits per heavy atom. The average molecular weight is 360 g/mol. The fraction of sp³-hybridized carbons (Fsp3) is 0.111. The van der Waals surface area contributed by atoms with Gasteiger partial charge in [0.1, 0.15) is 0 Å². The van der Waals surface area contributed by atoms with Crippen LogP contribution in [-0.4, -0.2) is 48.3 Å². The van der Waals surface area contributed by atoms with Gasteiger partial charge in [-0.05, 0) is 36.4 Å². The van der Waals surface area contributed by atoms with Crippen molar-refractivity contribution in [2.45, 2.75) is 0 Å². The number of carbonyl (C=O) groups excluding carboxylic acids is 2. The second kappa shape index (κ2) is 9.58. The van der Waals surface area contributed by atoms with Crippen LogP contribution < -0.4 is 0 Å². The van der Waals surface area contributed by atoms with E-state index < -0.39 is 23.9 Å². The molecule has 0 saturated carbocycles. The lowest BCUT2D eigenvalue weighted by atomic mass is 10.1. The standard InChI is InChI=1S/C10H10O4.C8H6O4/c1-13-9(11)7-3-5-8(6-4-7)10(12)14-2;9-7(10)5-3-1-2-4-6(5)8(11)12/h3-6H,1-2H3;1-4H,(H,9,10)(H,11,12). The van der Waals surface area contributed by atoms with Crippen LogP contribution in [-0.2, 0) is 9.47 Å². The number of carboxylic acids is 2. The van der Waals surface area contributed by atoms with Crippen molar-refractivity contribution in [1.82, 2.24) is 0 Å². The van der Waals surface area contributed by atoms with Gasteiger partial charge >= 0.3 is 23.9 Å². The minimum atomic E-state index is -1.23. The van der Waals surface area contributed by atoms with Crippen molar-refractivity contribution in [2.75, 3.05) is 14.2 Å². The lowest BCUT2D eigenvalue weighted by Gasteiger charge is -2.00. The topological polar surface area (TPSA) is 127 Å². The molecule has 26 heavy (non-hydrogen) atoms. The molecule has 0 fully saturated rings. The number of carbonyl (C=O) groups is 4. The zero-order chi connectivity index (χ0) is 19.7. The fourth-order valence-electron chi connectivity index (χ4n) is 1.83. The predicted octanol–water partition coefficient (Wildman–Crippen LogP) is 2.34. The van der Waals surface area contributed by atoms with Gasteiger partial charge in [-0.15, -0.1) is 0 Å². The maximum atomic E-state index is 11.0. The molecule has 2 N–H and O–H groups in total. The molecule has 2 rings (SSSR count). The summed E-state index contributed by atoms with van der Waals surface area (Å²) < 4.78 is 9.02. The zero-order valence-electron chi connectivity index (χ0n) is 14.0. The molecule has 0 amide bonds. The number of aromatic carboxylic acids is 2. The SMILES string of the molecule is COC(=O)c1ccc(C(=O)OC)cc1.O=C(O)c1ccccc1C(=O)O. The summed E-state index contributed by atoms with van der Waals surface area (Å²) in [6, 6.07) is 11.5. The third kappa shape index (κ3) is 5.45. The van der Waals surface area contributed by atoms with Crippen molar-refractivity contribution in [3.05, 3.63) is 70.8 Å². The number of benzene rings is 2. The van der Waals surface area contributed by atoms with Crippen molar-refractivity contribution in [3.8, 4) is 0 Å². The van der Waals surface area contributed by atoms with Crippen molar-refractivity contribution in [1.29, 1.82) is 0 Å². The summed E-state index contributed by atoms with van der Waals surface area (Å²) in [5, 5.41) is 17.1. The first-order valence-corrected chi connectivity index (χ1v) is 7.14. The molecule has 136 valence electrons.